The molecule has 0 atom stereocenters. The van der Waals surface area contributed by atoms with Gasteiger partial charge in [0.2, 0.25) is 5.09 Å². The molecular weight excluding hydrogens is 372 g/mol. The third-order valence-electron chi connectivity index (χ3n) is 4.69. The van der Waals surface area contributed by atoms with Gasteiger partial charge in [0.25, 0.3) is 15.9 Å². The highest BCUT2D eigenvalue weighted by Gasteiger charge is 2.30. The van der Waals surface area contributed by atoms with Gasteiger partial charge in [0, 0.05) is 32.4 Å². The Balaban J connectivity index is 1.61. The third kappa shape index (κ3) is 4.07. The summed E-state index contributed by atoms with van der Waals surface area (Å²) in [6.45, 7) is 5.55. The van der Waals surface area contributed by atoms with Gasteiger partial charge < -0.3 is 14.5 Å². The zero-order valence-electron chi connectivity index (χ0n) is 15.7. The summed E-state index contributed by atoms with van der Waals surface area (Å²) in [5.41, 5.74) is 3.08. The van der Waals surface area contributed by atoms with E-state index in [0.717, 1.165) is 17.0 Å². The lowest BCUT2D eigenvalue weighted by atomic mass is 10.1. The zero-order chi connectivity index (χ0) is 19.6. The van der Waals surface area contributed by atoms with Gasteiger partial charge in [-0.3, -0.25) is 9.48 Å². The Morgan fingerprint density at radius 3 is 2.59 bits per heavy atom. The maximum absolute atomic E-state index is 12.5. The highest BCUT2D eigenvalue weighted by molar-refractivity contribution is 7.89. The van der Waals surface area contributed by atoms with Crippen molar-refractivity contribution in [1.29, 1.82) is 0 Å². The quantitative estimate of drug-likeness (QED) is 0.767. The van der Waals surface area contributed by atoms with Crippen LogP contribution in [-0.4, -0.2) is 61.3 Å². The number of carbonyl (C=O) groups excluding carboxylic acids is 1. The highest BCUT2D eigenvalue weighted by Crippen LogP contribution is 2.20. The summed E-state index contributed by atoms with van der Waals surface area (Å²) in [5.74, 6) is -0.473. The SMILES string of the molecule is Cc1nn(C)c(C)c1CCNC(=O)c1ccc(S(=O)(=O)N2CCOCC2)o1. The topological polar surface area (TPSA) is 107 Å². The molecule has 27 heavy (non-hydrogen) atoms. The van der Waals surface area contributed by atoms with Crippen LogP contribution in [0.15, 0.2) is 21.6 Å². The largest absolute Gasteiger partial charge is 0.438 e. The van der Waals surface area contributed by atoms with Gasteiger partial charge in [-0.2, -0.15) is 9.40 Å². The van der Waals surface area contributed by atoms with E-state index in [1.807, 2.05) is 25.6 Å². The number of amides is 1. The molecule has 10 heteroatoms. The molecule has 1 aliphatic rings. The van der Waals surface area contributed by atoms with Crippen molar-refractivity contribution in [2.24, 2.45) is 7.05 Å². The van der Waals surface area contributed by atoms with E-state index in [-0.39, 0.29) is 23.9 Å². The molecule has 3 heterocycles. The minimum atomic E-state index is -3.75. The summed E-state index contributed by atoms with van der Waals surface area (Å²) in [5, 5.41) is 6.88. The molecule has 1 amide bonds. The van der Waals surface area contributed by atoms with Gasteiger partial charge in [-0.05, 0) is 38.0 Å². The average molecular weight is 396 g/mol. The van der Waals surface area contributed by atoms with Crippen molar-refractivity contribution >= 4 is 15.9 Å². The molecule has 0 bridgehead atoms. The normalized spacial score (nSPS) is 15.8. The van der Waals surface area contributed by atoms with E-state index in [0.29, 0.717) is 26.2 Å². The van der Waals surface area contributed by atoms with Crippen molar-refractivity contribution in [3.63, 3.8) is 0 Å². The minimum Gasteiger partial charge on any atom is -0.438 e. The monoisotopic (exact) mass is 396 g/mol. The highest BCUT2D eigenvalue weighted by atomic mass is 32.2. The van der Waals surface area contributed by atoms with Crippen LogP contribution in [-0.2, 0) is 28.2 Å². The molecule has 1 aliphatic heterocycles. The second kappa shape index (κ2) is 7.83. The molecule has 0 unspecified atom stereocenters. The molecular formula is C17H24N4O5S. The molecule has 2 aromatic rings. The Kier molecular flexibility index (Phi) is 5.68. The van der Waals surface area contributed by atoms with Crippen molar-refractivity contribution < 1.29 is 22.4 Å². The minimum absolute atomic E-state index is 0.0264. The maximum Gasteiger partial charge on any atom is 0.287 e. The lowest BCUT2D eigenvalue weighted by Gasteiger charge is -2.24. The van der Waals surface area contributed by atoms with Gasteiger partial charge in [-0.25, -0.2) is 8.42 Å². The number of morpholine rings is 1. The Morgan fingerprint density at radius 1 is 1.26 bits per heavy atom. The number of ether oxygens (including phenoxy) is 1. The van der Waals surface area contributed by atoms with Crippen LogP contribution >= 0.6 is 0 Å². The molecule has 1 N–H and O–H groups in total. The van der Waals surface area contributed by atoms with E-state index in [2.05, 4.69) is 10.4 Å². The molecule has 0 aliphatic carbocycles. The average Bonchev–Trinajstić information content (AvgIpc) is 3.24. The Bertz CT molecular complexity index is 925. The number of aromatic nitrogens is 2. The van der Waals surface area contributed by atoms with Gasteiger partial charge in [-0.1, -0.05) is 0 Å². The molecule has 3 rings (SSSR count). The molecule has 0 saturated carbocycles. The van der Waals surface area contributed by atoms with Gasteiger partial charge in [0.15, 0.2) is 5.76 Å². The van der Waals surface area contributed by atoms with E-state index < -0.39 is 15.9 Å². The zero-order valence-corrected chi connectivity index (χ0v) is 16.5. The predicted molar refractivity (Wildman–Crippen MR) is 97.0 cm³/mol. The second-order valence-corrected chi connectivity index (χ2v) is 8.28. The van der Waals surface area contributed by atoms with E-state index in [1.54, 1.807) is 0 Å². The lowest BCUT2D eigenvalue weighted by Crippen LogP contribution is -2.40. The van der Waals surface area contributed by atoms with Crippen molar-refractivity contribution in [3.8, 4) is 0 Å². The molecule has 0 spiro atoms. The smallest absolute Gasteiger partial charge is 0.287 e. The molecule has 1 fully saturated rings. The van der Waals surface area contributed by atoms with E-state index >= 15 is 0 Å². The van der Waals surface area contributed by atoms with Crippen LogP contribution < -0.4 is 5.32 Å². The fourth-order valence-corrected chi connectivity index (χ4v) is 4.38. The second-order valence-electron chi connectivity index (χ2n) is 6.41. The first-order valence-corrected chi connectivity index (χ1v) is 10.2. The molecule has 9 nitrogen and oxygen atoms in total. The van der Waals surface area contributed by atoms with E-state index in [9.17, 15) is 13.2 Å². The number of sulfonamides is 1. The summed E-state index contributed by atoms with van der Waals surface area (Å²) in [6, 6.07) is 2.69. The van der Waals surface area contributed by atoms with Crippen molar-refractivity contribution in [2.75, 3.05) is 32.8 Å². The Labute approximate surface area is 158 Å². The molecule has 0 aromatic carbocycles. The summed E-state index contributed by atoms with van der Waals surface area (Å²) >= 11 is 0. The summed E-state index contributed by atoms with van der Waals surface area (Å²) in [7, 11) is -1.87. The first kappa shape index (κ1) is 19.6. The van der Waals surface area contributed by atoms with Crippen molar-refractivity contribution in [3.05, 3.63) is 34.8 Å². The number of furan rings is 1. The van der Waals surface area contributed by atoms with Crippen LogP contribution in [0.25, 0.3) is 0 Å². The van der Waals surface area contributed by atoms with Crippen molar-refractivity contribution in [1.82, 2.24) is 19.4 Å². The fourth-order valence-electron chi connectivity index (χ4n) is 3.06. The standard InChI is InChI=1S/C17H24N4O5S/c1-12-14(13(2)20(3)19-12)6-7-18-17(22)15-4-5-16(26-15)27(23,24)21-8-10-25-11-9-21/h4-5H,6-11H2,1-3H3,(H,18,22). The van der Waals surface area contributed by atoms with Crippen molar-refractivity contribution in [2.45, 2.75) is 25.4 Å². The first-order chi connectivity index (χ1) is 12.8. The van der Waals surface area contributed by atoms with Gasteiger partial charge in [-0.15, -0.1) is 0 Å². The number of hydrogen-bond donors (Lipinski definition) is 1. The number of aryl methyl sites for hydroxylation is 2. The number of hydrogen-bond acceptors (Lipinski definition) is 6. The van der Waals surface area contributed by atoms with Crippen LogP contribution in [0.5, 0.6) is 0 Å². The van der Waals surface area contributed by atoms with Crippen LogP contribution in [0, 0.1) is 13.8 Å². The van der Waals surface area contributed by atoms with Gasteiger partial charge in [0.05, 0.1) is 18.9 Å². The van der Waals surface area contributed by atoms with Gasteiger partial charge in [0.1, 0.15) is 0 Å². The first-order valence-electron chi connectivity index (χ1n) is 8.75. The molecule has 0 radical (unpaired) electrons. The maximum atomic E-state index is 12.5. The van der Waals surface area contributed by atoms with E-state index in [1.165, 1.54) is 16.4 Å². The molecule has 2 aromatic heterocycles. The van der Waals surface area contributed by atoms with Crippen LogP contribution in [0.4, 0.5) is 0 Å². The summed E-state index contributed by atoms with van der Waals surface area (Å²) in [4.78, 5) is 12.3. The summed E-state index contributed by atoms with van der Waals surface area (Å²) in [6.07, 6.45) is 0.636. The predicted octanol–water partition coefficient (Wildman–Crippen LogP) is 0.623. The number of carbonyl (C=O) groups is 1. The molecule has 148 valence electrons. The van der Waals surface area contributed by atoms with Crippen LogP contribution in [0.3, 0.4) is 0 Å². The van der Waals surface area contributed by atoms with E-state index in [4.69, 9.17) is 9.15 Å². The van der Waals surface area contributed by atoms with Crippen LogP contribution in [0.1, 0.15) is 27.5 Å². The number of nitrogens with one attached hydrogen (secondary N) is 1. The fraction of sp³-hybridized carbons (Fsp3) is 0.529. The van der Waals surface area contributed by atoms with Gasteiger partial charge >= 0.3 is 0 Å². The Morgan fingerprint density at radius 2 is 1.96 bits per heavy atom. The number of rotatable bonds is 6. The number of nitrogens with zero attached hydrogens (tertiary/aromatic N) is 3. The Hall–Kier alpha value is -2.17. The summed E-state index contributed by atoms with van der Waals surface area (Å²) < 4.78 is 38.7. The third-order valence-corrected chi connectivity index (χ3v) is 6.46. The lowest BCUT2D eigenvalue weighted by molar-refractivity contribution is 0.0722. The molecule has 1 saturated heterocycles. The van der Waals surface area contributed by atoms with Crippen LogP contribution in [0.2, 0.25) is 0 Å².